The van der Waals surface area contributed by atoms with Gasteiger partial charge >= 0.3 is 0 Å². The molecule has 2 aromatic heterocycles. The zero-order chi connectivity index (χ0) is 20.8. The monoisotopic (exact) mass is 413 g/mol. The van der Waals surface area contributed by atoms with Crippen molar-refractivity contribution in [2.75, 3.05) is 5.32 Å². The maximum Gasteiger partial charge on any atom is 0.277 e. The number of thiazole rings is 1. The van der Waals surface area contributed by atoms with Gasteiger partial charge in [-0.05, 0) is 44.7 Å². The lowest BCUT2D eigenvalue weighted by Gasteiger charge is -2.24. The number of oxazole rings is 1. The van der Waals surface area contributed by atoms with E-state index in [1.807, 2.05) is 12.1 Å². The number of carbonyl (C=O) groups is 1. The molecule has 4 rings (SSSR count). The molecule has 0 spiro atoms. The largest absolute Gasteiger partial charge is 0.448 e. The fourth-order valence-electron chi connectivity index (χ4n) is 3.94. The van der Waals surface area contributed by atoms with Crippen LogP contribution in [0, 0.1) is 12.8 Å². The van der Waals surface area contributed by atoms with Crippen LogP contribution in [0.25, 0.3) is 10.2 Å². The first kappa shape index (κ1) is 20.0. The van der Waals surface area contributed by atoms with Crippen molar-refractivity contribution < 1.29 is 14.3 Å². The second-order valence-corrected chi connectivity index (χ2v) is 9.70. The first-order valence-corrected chi connectivity index (χ1v) is 10.9. The molecule has 0 aliphatic heterocycles. The van der Waals surface area contributed by atoms with Crippen LogP contribution in [0.3, 0.4) is 0 Å². The second kappa shape index (κ2) is 7.54. The summed E-state index contributed by atoms with van der Waals surface area (Å²) in [5, 5.41) is 14.7. The van der Waals surface area contributed by atoms with Gasteiger partial charge in [0.25, 0.3) is 5.91 Å². The highest BCUT2D eigenvalue weighted by atomic mass is 32.1. The number of anilines is 1. The molecule has 1 aliphatic carbocycles. The Morgan fingerprint density at radius 1 is 1.24 bits per heavy atom. The first-order valence-electron chi connectivity index (χ1n) is 10.1. The summed E-state index contributed by atoms with van der Waals surface area (Å²) in [4.78, 5) is 21.6. The minimum atomic E-state index is -1.12. The standard InChI is InChI=1S/C22H27N3O3S/c1-12-5-7-14(8-6-12)21-25-17-9-15(22(3,4)27)16(10-19(17)29-21)24-20(26)18-11-28-13(2)23-18/h9-12,14,27H,5-8H2,1-4H3,(H,24,26)/t12-,14-. The minimum Gasteiger partial charge on any atom is -0.448 e. The maximum absolute atomic E-state index is 12.6. The molecule has 154 valence electrons. The Morgan fingerprint density at radius 2 is 1.97 bits per heavy atom. The van der Waals surface area contributed by atoms with Gasteiger partial charge in [0.05, 0.1) is 20.8 Å². The van der Waals surface area contributed by atoms with E-state index in [2.05, 4.69) is 17.2 Å². The van der Waals surface area contributed by atoms with Gasteiger partial charge in [-0.15, -0.1) is 11.3 Å². The summed E-state index contributed by atoms with van der Waals surface area (Å²) in [7, 11) is 0. The predicted molar refractivity (Wildman–Crippen MR) is 114 cm³/mol. The molecule has 7 heteroatoms. The molecule has 0 saturated heterocycles. The van der Waals surface area contributed by atoms with Crippen LogP contribution in [0.15, 0.2) is 22.8 Å². The molecule has 0 radical (unpaired) electrons. The number of hydrogen-bond donors (Lipinski definition) is 2. The predicted octanol–water partition coefficient (Wildman–Crippen LogP) is 5.37. The Kier molecular flexibility index (Phi) is 5.21. The van der Waals surface area contributed by atoms with Crippen LogP contribution in [0.5, 0.6) is 0 Å². The van der Waals surface area contributed by atoms with Gasteiger partial charge in [0.2, 0.25) is 0 Å². The zero-order valence-corrected chi connectivity index (χ0v) is 18.1. The number of aryl methyl sites for hydroxylation is 1. The summed E-state index contributed by atoms with van der Waals surface area (Å²) in [6.07, 6.45) is 6.17. The van der Waals surface area contributed by atoms with Crippen LogP contribution < -0.4 is 5.32 Å². The molecule has 1 aromatic carbocycles. The fourth-order valence-corrected chi connectivity index (χ4v) is 5.09. The van der Waals surface area contributed by atoms with E-state index in [0.29, 0.717) is 23.1 Å². The van der Waals surface area contributed by atoms with Crippen molar-refractivity contribution in [3.63, 3.8) is 0 Å². The average molecular weight is 414 g/mol. The van der Waals surface area contributed by atoms with Crippen molar-refractivity contribution in [1.82, 2.24) is 9.97 Å². The van der Waals surface area contributed by atoms with E-state index >= 15 is 0 Å². The van der Waals surface area contributed by atoms with E-state index in [1.165, 1.54) is 31.9 Å². The number of nitrogens with zero attached hydrogens (tertiary/aromatic N) is 2. The molecule has 0 bridgehead atoms. The highest BCUT2D eigenvalue weighted by molar-refractivity contribution is 7.18. The molecule has 0 atom stereocenters. The third-order valence-corrected chi connectivity index (χ3v) is 6.85. The van der Waals surface area contributed by atoms with E-state index in [0.717, 1.165) is 21.1 Å². The third kappa shape index (κ3) is 4.21. The van der Waals surface area contributed by atoms with Gasteiger partial charge < -0.3 is 14.8 Å². The van der Waals surface area contributed by atoms with Crippen molar-refractivity contribution in [2.24, 2.45) is 5.92 Å². The molecule has 2 heterocycles. The van der Waals surface area contributed by atoms with E-state index in [1.54, 1.807) is 32.1 Å². The van der Waals surface area contributed by atoms with Gasteiger partial charge in [-0.3, -0.25) is 4.79 Å². The molecule has 1 fully saturated rings. The number of amides is 1. The van der Waals surface area contributed by atoms with Crippen LogP contribution in [-0.2, 0) is 5.60 Å². The van der Waals surface area contributed by atoms with Crippen LogP contribution in [-0.4, -0.2) is 21.0 Å². The molecule has 2 N–H and O–H groups in total. The quantitative estimate of drug-likeness (QED) is 0.600. The number of nitrogens with one attached hydrogen (secondary N) is 1. The number of rotatable bonds is 4. The van der Waals surface area contributed by atoms with E-state index in [4.69, 9.17) is 9.40 Å². The minimum absolute atomic E-state index is 0.214. The van der Waals surface area contributed by atoms with Crippen molar-refractivity contribution in [3.05, 3.63) is 40.6 Å². The van der Waals surface area contributed by atoms with Gasteiger partial charge in [-0.2, -0.15) is 0 Å². The van der Waals surface area contributed by atoms with Crippen molar-refractivity contribution in [1.29, 1.82) is 0 Å². The highest BCUT2D eigenvalue weighted by Gasteiger charge is 2.26. The normalized spacial score (nSPS) is 20.2. The lowest BCUT2D eigenvalue weighted by atomic mass is 9.83. The molecule has 6 nitrogen and oxygen atoms in total. The number of fused-ring (bicyclic) bond motifs is 1. The van der Waals surface area contributed by atoms with Crippen molar-refractivity contribution in [2.45, 2.75) is 64.9 Å². The van der Waals surface area contributed by atoms with E-state index in [9.17, 15) is 9.90 Å². The van der Waals surface area contributed by atoms with Gasteiger partial charge in [-0.25, -0.2) is 9.97 Å². The number of hydrogen-bond acceptors (Lipinski definition) is 6. The Hall–Kier alpha value is -2.25. The van der Waals surface area contributed by atoms with Gasteiger partial charge in [0.15, 0.2) is 11.6 Å². The summed E-state index contributed by atoms with van der Waals surface area (Å²) in [5.41, 5.74) is 1.16. The van der Waals surface area contributed by atoms with E-state index in [-0.39, 0.29) is 11.6 Å². The van der Waals surface area contributed by atoms with Crippen LogP contribution in [0.4, 0.5) is 5.69 Å². The summed E-state index contributed by atoms with van der Waals surface area (Å²) in [6, 6.07) is 3.81. The highest BCUT2D eigenvalue weighted by Crippen LogP contribution is 2.41. The molecule has 3 aromatic rings. The summed E-state index contributed by atoms with van der Waals surface area (Å²) in [6.45, 7) is 7.42. The van der Waals surface area contributed by atoms with E-state index < -0.39 is 5.60 Å². The topological polar surface area (TPSA) is 88.2 Å². The Labute approximate surface area is 174 Å². The Morgan fingerprint density at radius 3 is 2.59 bits per heavy atom. The lowest BCUT2D eigenvalue weighted by molar-refractivity contribution is 0.0794. The summed E-state index contributed by atoms with van der Waals surface area (Å²) in [5.74, 6) is 1.37. The van der Waals surface area contributed by atoms with Crippen LogP contribution in [0.2, 0.25) is 0 Å². The Balaban J connectivity index is 1.69. The third-order valence-electron chi connectivity index (χ3n) is 5.67. The molecule has 1 saturated carbocycles. The summed E-state index contributed by atoms with van der Waals surface area (Å²) >= 11 is 1.69. The van der Waals surface area contributed by atoms with Crippen LogP contribution in [0.1, 0.15) is 79.3 Å². The van der Waals surface area contributed by atoms with Gasteiger partial charge in [-0.1, -0.05) is 19.8 Å². The molecule has 1 amide bonds. The number of carbonyl (C=O) groups excluding carboxylic acids is 1. The zero-order valence-electron chi connectivity index (χ0n) is 17.3. The number of benzene rings is 1. The second-order valence-electron chi connectivity index (χ2n) is 8.64. The molecule has 29 heavy (non-hydrogen) atoms. The molecule has 0 unspecified atom stereocenters. The SMILES string of the molecule is Cc1nc(C(=O)Nc2cc3sc([C@H]4CC[C@H](C)CC4)nc3cc2C(C)(C)O)co1. The number of aliphatic hydroxyl groups is 1. The molecular weight excluding hydrogens is 386 g/mol. The van der Waals surface area contributed by atoms with Crippen molar-refractivity contribution >= 4 is 33.1 Å². The molecule has 1 aliphatic rings. The smallest absolute Gasteiger partial charge is 0.277 e. The summed E-state index contributed by atoms with van der Waals surface area (Å²) < 4.78 is 6.15. The molecular formula is C22H27N3O3S. The van der Waals surface area contributed by atoms with Gasteiger partial charge in [0.1, 0.15) is 6.26 Å². The van der Waals surface area contributed by atoms with Gasteiger partial charge in [0, 0.05) is 24.1 Å². The fraction of sp³-hybridized carbons (Fsp3) is 0.500. The van der Waals surface area contributed by atoms with Crippen LogP contribution >= 0.6 is 11.3 Å². The average Bonchev–Trinajstić information content (AvgIpc) is 3.26. The first-order chi connectivity index (χ1) is 13.7. The van der Waals surface area contributed by atoms with Crippen molar-refractivity contribution in [3.8, 4) is 0 Å². The number of aromatic nitrogens is 2. The maximum atomic E-state index is 12.6. The lowest BCUT2D eigenvalue weighted by Crippen LogP contribution is -2.21. The Bertz CT molecular complexity index is 1040.